The molecule has 2 N–H and O–H groups in total. The van der Waals surface area contributed by atoms with Gasteiger partial charge in [-0.3, -0.25) is 4.79 Å². The fraction of sp³-hybridized carbons (Fsp3) is 0.364. The Kier molecular flexibility index (Phi) is 3.65. The van der Waals surface area contributed by atoms with Crippen LogP contribution < -0.4 is 10.6 Å². The molecule has 1 amide bonds. The second-order valence-electron chi connectivity index (χ2n) is 3.17. The summed E-state index contributed by atoms with van der Waals surface area (Å²) in [6.07, 6.45) is 0.653. The highest BCUT2D eigenvalue weighted by atomic mass is 16.2. The highest BCUT2D eigenvalue weighted by Gasteiger charge is 2.16. The van der Waals surface area contributed by atoms with Crippen molar-refractivity contribution < 1.29 is 4.79 Å². The number of carbonyl (C=O) groups excluding carboxylic acids is 1. The molecule has 3 heteroatoms. The van der Waals surface area contributed by atoms with Gasteiger partial charge in [-0.15, -0.1) is 0 Å². The van der Waals surface area contributed by atoms with Crippen LogP contribution in [-0.2, 0) is 4.79 Å². The van der Waals surface area contributed by atoms with E-state index in [-0.39, 0.29) is 5.91 Å². The van der Waals surface area contributed by atoms with Crippen LogP contribution in [0.2, 0.25) is 0 Å². The van der Waals surface area contributed by atoms with E-state index in [9.17, 15) is 4.79 Å². The molecule has 0 spiro atoms. The zero-order chi connectivity index (χ0) is 10.6. The van der Waals surface area contributed by atoms with Crippen molar-refractivity contribution in [1.82, 2.24) is 0 Å². The van der Waals surface area contributed by atoms with E-state index in [0.717, 1.165) is 5.69 Å². The van der Waals surface area contributed by atoms with Crippen LogP contribution in [0.25, 0.3) is 0 Å². The van der Waals surface area contributed by atoms with Crippen molar-refractivity contribution in [3.63, 3.8) is 0 Å². The van der Waals surface area contributed by atoms with Crippen molar-refractivity contribution in [3.05, 3.63) is 30.3 Å². The van der Waals surface area contributed by atoms with E-state index >= 15 is 0 Å². The summed E-state index contributed by atoms with van der Waals surface area (Å²) in [6.45, 7) is 1.90. The highest BCUT2D eigenvalue weighted by molar-refractivity contribution is 5.96. The Hall–Kier alpha value is -1.35. The summed E-state index contributed by atoms with van der Waals surface area (Å²) in [5, 5.41) is 0. The van der Waals surface area contributed by atoms with Crippen molar-refractivity contribution in [3.8, 4) is 0 Å². The van der Waals surface area contributed by atoms with Gasteiger partial charge in [-0.05, 0) is 24.6 Å². The Morgan fingerprint density at radius 1 is 1.71 bits per heavy atom. The number of nitrogens with zero attached hydrogens (tertiary/aromatic N) is 1. The molecule has 0 aliphatic heterocycles. The van der Waals surface area contributed by atoms with Crippen LogP contribution in [0, 0.1) is 6.07 Å². The largest absolute Gasteiger partial charge is 0.320 e. The van der Waals surface area contributed by atoms with E-state index in [2.05, 4.69) is 6.07 Å². The maximum atomic E-state index is 11.7. The number of likely N-dealkylation sites (N-methyl/N-ethyl adjacent to an activating group) is 1. The minimum Gasteiger partial charge on any atom is -0.320 e. The minimum atomic E-state index is -0.416. The molecular formula is C11H15N2O. The summed E-state index contributed by atoms with van der Waals surface area (Å²) in [6, 6.07) is 9.76. The molecule has 1 radical (unpaired) electrons. The Bertz CT molecular complexity index is 297. The maximum Gasteiger partial charge on any atom is 0.243 e. The average molecular weight is 191 g/mol. The number of rotatable bonds is 3. The molecule has 1 rings (SSSR count). The molecule has 0 aliphatic rings. The SMILES string of the molecule is CCC(N)C(=O)N(C)c1c[c]ccc1. The van der Waals surface area contributed by atoms with Crippen LogP contribution >= 0.6 is 0 Å². The van der Waals surface area contributed by atoms with Gasteiger partial charge in [0.15, 0.2) is 0 Å². The molecule has 1 aromatic carbocycles. The number of hydrogen-bond acceptors (Lipinski definition) is 2. The maximum absolute atomic E-state index is 11.7. The summed E-state index contributed by atoms with van der Waals surface area (Å²) in [5.74, 6) is -0.0629. The quantitative estimate of drug-likeness (QED) is 0.780. The smallest absolute Gasteiger partial charge is 0.243 e. The molecule has 1 unspecified atom stereocenters. The van der Waals surface area contributed by atoms with Gasteiger partial charge < -0.3 is 10.6 Å². The van der Waals surface area contributed by atoms with Crippen LogP contribution in [0.4, 0.5) is 5.69 Å². The zero-order valence-electron chi connectivity index (χ0n) is 8.53. The fourth-order valence-corrected chi connectivity index (χ4v) is 1.14. The first-order valence-electron chi connectivity index (χ1n) is 4.66. The predicted octanol–water partition coefficient (Wildman–Crippen LogP) is 1.19. The van der Waals surface area contributed by atoms with E-state index in [4.69, 9.17) is 5.73 Å². The molecule has 1 aromatic rings. The van der Waals surface area contributed by atoms with Gasteiger partial charge in [0, 0.05) is 12.7 Å². The van der Waals surface area contributed by atoms with E-state index in [1.165, 1.54) is 0 Å². The van der Waals surface area contributed by atoms with E-state index in [0.29, 0.717) is 6.42 Å². The first-order valence-corrected chi connectivity index (χ1v) is 4.66. The van der Waals surface area contributed by atoms with Crippen LogP contribution in [0.5, 0.6) is 0 Å². The molecule has 0 aromatic heterocycles. The van der Waals surface area contributed by atoms with Crippen molar-refractivity contribution >= 4 is 11.6 Å². The number of amides is 1. The van der Waals surface area contributed by atoms with Crippen molar-refractivity contribution in [2.45, 2.75) is 19.4 Å². The number of benzene rings is 1. The lowest BCUT2D eigenvalue weighted by atomic mass is 10.2. The van der Waals surface area contributed by atoms with Crippen LogP contribution in [0.3, 0.4) is 0 Å². The highest BCUT2D eigenvalue weighted by Crippen LogP contribution is 2.11. The lowest BCUT2D eigenvalue weighted by Crippen LogP contribution is -2.41. The predicted molar refractivity (Wildman–Crippen MR) is 57.0 cm³/mol. The minimum absolute atomic E-state index is 0.0629. The molecule has 0 saturated heterocycles. The Labute approximate surface area is 84.5 Å². The third-order valence-electron chi connectivity index (χ3n) is 2.17. The molecule has 1 atom stereocenters. The van der Waals surface area contributed by atoms with E-state index < -0.39 is 6.04 Å². The molecular weight excluding hydrogens is 176 g/mol. The van der Waals surface area contributed by atoms with Gasteiger partial charge in [-0.2, -0.15) is 0 Å². The second-order valence-corrected chi connectivity index (χ2v) is 3.17. The average Bonchev–Trinajstić information content (AvgIpc) is 2.27. The lowest BCUT2D eigenvalue weighted by Gasteiger charge is -2.20. The molecule has 0 bridgehead atoms. The summed E-state index contributed by atoms with van der Waals surface area (Å²) >= 11 is 0. The van der Waals surface area contributed by atoms with Crippen LogP contribution in [0.1, 0.15) is 13.3 Å². The molecule has 14 heavy (non-hydrogen) atoms. The Morgan fingerprint density at radius 3 is 2.93 bits per heavy atom. The Morgan fingerprint density at radius 2 is 2.43 bits per heavy atom. The number of nitrogens with two attached hydrogens (primary N) is 1. The molecule has 0 heterocycles. The molecule has 0 fully saturated rings. The van der Waals surface area contributed by atoms with Gasteiger partial charge in [0.2, 0.25) is 5.91 Å². The molecule has 0 saturated carbocycles. The standard InChI is InChI=1S/C11H15N2O/c1-3-10(12)11(14)13(2)9-7-5-4-6-8-9/h4-5,7-8,10H,3,12H2,1-2H3. The summed E-state index contributed by atoms with van der Waals surface area (Å²) in [7, 11) is 1.72. The molecule has 3 nitrogen and oxygen atoms in total. The summed E-state index contributed by atoms with van der Waals surface area (Å²) < 4.78 is 0. The van der Waals surface area contributed by atoms with Gasteiger partial charge in [0.1, 0.15) is 0 Å². The van der Waals surface area contributed by atoms with E-state index in [1.54, 1.807) is 24.1 Å². The number of anilines is 1. The van der Waals surface area contributed by atoms with Gasteiger partial charge in [0.05, 0.1) is 6.04 Å². The lowest BCUT2D eigenvalue weighted by molar-refractivity contribution is -0.119. The third-order valence-corrected chi connectivity index (χ3v) is 2.17. The second kappa shape index (κ2) is 4.77. The van der Waals surface area contributed by atoms with E-state index in [1.807, 2.05) is 19.1 Å². The third kappa shape index (κ3) is 2.33. The zero-order valence-corrected chi connectivity index (χ0v) is 8.53. The number of hydrogen-bond donors (Lipinski definition) is 1. The Balaban J connectivity index is 2.76. The number of carbonyl (C=O) groups is 1. The van der Waals surface area contributed by atoms with Crippen molar-refractivity contribution in [2.24, 2.45) is 5.73 Å². The molecule has 75 valence electrons. The van der Waals surface area contributed by atoms with Gasteiger partial charge in [0.25, 0.3) is 0 Å². The van der Waals surface area contributed by atoms with Gasteiger partial charge >= 0.3 is 0 Å². The van der Waals surface area contributed by atoms with Crippen LogP contribution in [-0.4, -0.2) is 19.0 Å². The first kappa shape index (κ1) is 10.7. The van der Waals surface area contributed by atoms with Gasteiger partial charge in [-0.1, -0.05) is 19.1 Å². The van der Waals surface area contributed by atoms with Gasteiger partial charge in [-0.25, -0.2) is 0 Å². The summed E-state index contributed by atoms with van der Waals surface area (Å²) in [4.78, 5) is 13.2. The first-order chi connectivity index (χ1) is 6.66. The molecule has 0 aliphatic carbocycles. The normalized spacial score (nSPS) is 12.2. The van der Waals surface area contributed by atoms with Crippen molar-refractivity contribution in [2.75, 3.05) is 11.9 Å². The fourth-order valence-electron chi connectivity index (χ4n) is 1.14. The van der Waals surface area contributed by atoms with Crippen molar-refractivity contribution in [1.29, 1.82) is 0 Å². The topological polar surface area (TPSA) is 46.3 Å². The monoisotopic (exact) mass is 191 g/mol. The summed E-state index contributed by atoms with van der Waals surface area (Å²) in [5.41, 5.74) is 6.47. The van der Waals surface area contributed by atoms with Crippen LogP contribution in [0.15, 0.2) is 24.3 Å².